The van der Waals surface area contributed by atoms with Gasteiger partial charge in [-0.1, -0.05) is 42.7 Å². The summed E-state index contributed by atoms with van der Waals surface area (Å²) in [5.41, 5.74) is 1.15. The second-order valence-electron chi connectivity index (χ2n) is 5.26. The van der Waals surface area contributed by atoms with Crippen LogP contribution in [0, 0.1) is 0 Å². The van der Waals surface area contributed by atoms with Crippen molar-refractivity contribution in [1.82, 2.24) is 0 Å². The van der Waals surface area contributed by atoms with E-state index in [1.807, 2.05) is 31.2 Å². The van der Waals surface area contributed by atoms with Crippen molar-refractivity contribution in [3.8, 4) is 0 Å². The number of rotatable bonds is 2. The first-order valence-electron chi connectivity index (χ1n) is 6.78. The number of aliphatic hydroxyl groups is 1. The third kappa shape index (κ3) is 3.15. The third-order valence-corrected chi connectivity index (χ3v) is 4.04. The first kappa shape index (κ1) is 13.6. The molecule has 0 radical (unpaired) electrons. The maximum atomic E-state index is 10.8. The Balaban J connectivity index is 2.28. The van der Waals surface area contributed by atoms with Gasteiger partial charge in [-0.2, -0.15) is 0 Å². The molecule has 0 saturated heterocycles. The zero-order chi connectivity index (χ0) is 13.0. The van der Waals surface area contributed by atoms with Crippen LogP contribution in [0.4, 0.5) is 0 Å². The van der Waals surface area contributed by atoms with Gasteiger partial charge in [0.2, 0.25) is 0 Å². The Bertz CT molecular complexity index is 434. The Morgan fingerprint density at radius 2 is 1.94 bits per heavy atom. The lowest BCUT2D eigenvalue weighted by Gasteiger charge is -2.29. The Labute approximate surface area is 114 Å². The van der Waals surface area contributed by atoms with E-state index in [1.54, 1.807) is 0 Å². The standard InChI is InChI=1S/C16H21ClO/c1-16(18,14-10-7-11-15(17)12-14)13-8-5-3-2-4-6-9-13/h7-8,10-12,18H,2-6,9H2,1H3/b13-8+. The maximum Gasteiger partial charge on any atom is 0.108 e. The van der Waals surface area contributed by atoms with Crippen LogP contribution in [0.5, 0.6) is 0 Å². The normalized spacial score (nSPS) is 23.4. The molecular formula is C16H21ClO. The van der Waals surface area contributed by atoms with Crippen molar-refractivity contribution in [2.45, 2.75) is 51.0 Å². The topological polar surface area (TPSA) is 20.2 Å². The number of hydrogen-bond acceptors (Lipinski definition) is 1. The zero-order valence-electron chi connectivity index (χ0n) is 11.0. The van der Waals surface area contributed by atoms with E-state index in [0.29, 0.717) is 5.02 Å². The summed E-state index contributed by atoms with van der Waals surface area (Å²) in [7, 11) is 0. The molecule has 0 fully saturated rings. The smallest absolute Gasteiger partial charge is 0.108 e. The Hall–Kier alpha value is -0.790. The van der Waals surface area contributed by atoms with Crippen molar-refractivity contribution in [2.24, 2.45) is 0 Å². The molecule has 0 aromatic heterocycles. The van der Waals surface area contributed by atoms with Gasteiger partial charge in [-0.25, -0.2) is 0 Å². The molecular weight excluding hydrogens is 244 g/mol. The van der Waals surface area contributed by atoms with E-state index in [-0.39, 0.29) is 0 Å². The minimum absolute atomic E-state index is 0.680. The van der Waals surface area contributed by atoms with Gasteiger partial charge in [0, 0.05) is 5.02 Å². The lowest BCUT2D eigenvalue weighted by molar-refractivity contribution is 0.0922. The van der Waals surface area contributed by atoms with Gasteiger partial charge in [0.25, 0.3) is 0 Å². The fourth-order valence-electron chi connectivity index (χ4n) is 2.61. The van der Waals surface area contributed by atoms with Crippen LogP contribution >= 0.6 is 11.6 Å². The number of benzene rings is 1. The van der Waals surface area contributed by atoms with Gasteiger partial charge in [-0.15, -0.1) is 0 Å². The summed E-state index contributed by atoms with van der Waals surface area (Å²) in [5, 5.41) is 11.5. The predicted octanol–water partition coefficient (Wildman–Crippen LogP) is 4.83. The van der Waals surface area contributed by atoms with E-state index in [0.717, 1.165) is 24.0 Å². The van der Waals surface area contributed by atoms with Crippen molar-refractivity contribution in [2.75, 3.05) is 0 Å². The number of hydrogen-bond donors (Lipinski definition) is 1. The maximum absolute atomic E-state index is 10.8. The molecule has 1 nitrogen and oxygen atoms in total. The average molecular weight is 265 g/mol. The second kappa shape index (κ2) is 5.90. The molecule has 18 heavy (non-hydrogen) atoms. The van der Waals surface area contributed by atoms with Crippen LogP contribution in [0.1, 0.15) is 51.0 Å². The van der Waals surface area contributed by atoms with E-state index < -0.39 is 5.60 Å². The van der Waals surface area contributed by atoms with Gasteiger partial charge in [-0.3, -0.25) is 0 Å². The molecule has 1 aromatic rings. The SMILES string of the molecule is CC(O)(/C1=C/CCCCCC1)c1cccc(Cl)c1. The molecule has 98 valence electrons. The largest absolute Gasteiger partial charge is 0.381 e. The molecule has 1 N–H and O–H groups in total. The summed E-state index contributed by atoms with van der Waals surface area (Å²) in [6.45, 7) is 1.88. The lowest BCUT2D eigenvalue weighted by atomic mass is 9.83. The Morgan fingerprint density at radius 3 is 2.72 bits per heavy atom. The van der Waals surface area contributed by atoms with Gasteiger partial charge in [0.1, 0.15) is 5.60 Å². The first-order chi connectivity index (χ1) is 8.60. The predicted molar refractivity (Wildman–Crippen MR) is 76.8 cm³/mol. The quantitative estimate of drug-likeness (QED) is 0.759. The van der Waals surface area contributed by atoms with Crippen LogP contribution in [-0.2, 0) is 5.60 Å². The summed E-state index contributed by atoms with van der Waals surface area (Å²) < 4.78 is 0. The highest BCUT2D eigenvalue weighted by molar-refractivity contribution is 6.30. The average Bonchev–Trinajstić information content (AvgIpc) is 2.27. The van der Waals surface area contributed by atoms with E-state index in [9.17, 15) is 5.11 Å². The van der Waals surface area contributed by atoms with Crippen LogP contribution in [0.15, 0.2) is 35.9 Å². The summed E-state index contributed by atoms with van der Waals surface area (Å²) in [4.78, 5) is 0. The highest BCUT2D eigenvalue weighted by Gasteiger charge is 2.27. The van der Waals surface area contributed by atoms with Crippen LogP contribution in [0.2, 0.25) is 5.02 Å². The number of halogens is 1. The molecule has 0 aliphatic heterocycles. The van der Waals surface area contributed by atoms with Gasteiger partial charge < -0.3 is 5.11 Å². The highest BCUT2D eigenvalue weighted by atomic mass is 35.5. The molecule has 0 saturated carbocycles. The fourth-order valence-corrected chi connectivity index (χ4v) is 2.80. The number of allylic oxidation sites excluding steroid dienone is 1. The van der Waals surface area contributed by atoms with Crippen molar-refractivity contribution < 1.29 is 5.11 Å². The zero-order valence-corrected chi connectivity index (χ0v) is 11.7. The molecule has 1 atom stereocenters. The van der Waals surface area contributed by atoms with Crippen molar-refractivity contribution in [3.63, 3.8) is 0 Å². The first-order valence-corrected chi connectivity index (χ1v) is 7.16. The van der Waals surface area contributed by atoms with E-state index >= 15 is 0 Å². The second-order valence-corrected chi connectivity index (χ2v) is 5.70. The Kier molecular flexibility index (Phi) is 4.47. The minimum atomic E-state index is -0.887. The summed E-state index contributed by atoms with van der Waals surface area (Å²) >= 11 is 6.02. The Morgan fingerprint density at radius 1 is 1.17 bits per heavy atom. The van der Waals surface area contributed by atoms with Crippen molar-refractivity contribution >= 4 is 11.6 Å². The van der Waals surface area contributed by atoms with Gasteiger partial charge in [-0.05, 0) is 55.9 Å². The lowest BCUT2D eigenvalue weighted by Crippen LogP contribution is -2.24. The highest BCUT2D eigenvalue weighted by Crippen LogP contribution is 2.35. The van der Waals surface area contributed by atoms with E-state index in [2.05, 4.69) is 6.08 Å². The summed E-state index contributed by atoms with van der Waals surface area (Å²) in [6, 6.07) is 7.55. The van der Waals surface area contributed by atoms with Gasteiger partial charge in [0.05, 0.1) is 0 Å². The molecule has 0 amide bonds. The van der Waals surface area contributed by atoms with Crippen LogP contribution in [0.25, 0.3) is 0 Å². The van der Waals surface area contributed by atoms with E-state index in [1.165, 1.54) is 25.7 Å². The van der Waals surface area contributed by atoms with E-state index in [4.69, 9.17) is 11.6 Å². The van der Waals surface area contributed by atoms with Gasteiger partial charge >= 0.3 is 0 Å². The van der Waals surface area contributed by atoms with Crippen LogP contribution < -0.4 is 0 Å². The molecule has 1 unspecified atom stereocenters. The summed E-state index contributed by atoms with van der Waals surface area (Å²) in [6.07, 6.45) is 9.26. The minimum Gasteiger partial charge on any atom is -0.381 e. The van der Waals surface area contributed by atoms with Crippen molar-refractivity contribution in [1.29, 1.82) is 0 Å². The molecule has 1 aliphatic rings. The molecule has 1 aromatic carbocycles. The third-order valence-electron chi connectivity index (χ3n) is 3.80. The van der Waals surface area contributed by atoms with Crippen molar-refractivity contribution in [3.05, 3.63) is 46.5 Å². The molecule has 0 spiro atoms. The van der Waals surface area contributed by atoms with Crippen LogP contribution in [0.3, 0.4) is 0 Å². The summed E-state index contributed by atoms with van der Waals surface area (Å²) in [5.74, 6) is 0. The molecule has 0 heterocycles. The van der Waals surface area contributed by atoms with Crippen LogP contribution in [-0.4, -0.2) is 5.11 Å². The monoisotopic (exact) mass is 264 g/mol. The van der Waals surface area contributed by atoms with Gasteiger partial charge in [0.15, 0.2) is 0 Å². The molecule has 2 rings (SSSR count). The molecule has 1 aliphatic carbocycles. The molecule has 0 bridgehead atoms. The fraction of sp³-hybridized carbons (Fsp3) is 0.500. The molecule has 2 heteroatoms.